The van der Waals surface area contributed by atoms with Crippen molar-refractivity contribution in [3.8, 4) is 0 Å². The number of aromatic nitrogens is 1. The van der Waals surface area contributed by atoms with Gasteiger partial charge in [0.2, 0.25) is 5.91 Å². The van der Waals surface area contributed by atoms with E-state index in [1.54, 1.807) is 7.05 Å². The van der Waals surface area contributed by atoms with Gasteiger partial charge in [-0.1, -0.05) is 0 Å². The van der Waals surface area contributed by atoms with E-state index in [1.807, 2.05) is 39.0 Å². The Morgan fingerprint density at radius 2 is 2.19 bits per heavy atom. The number of aryl methyl sites for hydroxylation is 1. The number of amides is 1. The van der Waals surface area contributed by atoms with Crippen LogP contribution in [0, 0.1) is 5.41 Å². The Hall–Kier alpha value is -1.50. The molecule has 0 aliphatic heterocycles. The van der Waals surface area contributed by atoms with Crippen LogP contribution in [-0.4, -0.2) is 42.0 Å². The maximum absolute atomic E-state index is 11.4. The van der Waals surface area contributed by atoms with Gasteiger partial charge in [-0.05, 0) is 35.8 Å². The molecule has 1 aromatic rings. The average Bonchev–Trinajstić information content (AvgIpc) is 2.68. The van der Waals surface area contributed by atoms with E-state index in [2.05, 4.69) is 36.9 Å². The van der Waals surface area contributed by atoms with Crippen molar-refractivity contribution < 1.29 is 4.79 Å². The molecule has 1 aromatic heterocycles. The minimum Gasteiger partial charge on any atom is -0.369 e. The average molecular weight is 358 g/mol. The van der Waals surface area contributed by atoms with Crippen LogP contribution in [0.1, 0.15) is 19.5 Å². The number of rotatable bonds is 5. The number of guanidine groups is 1. The molecule has 0 unspecified atom stereocenters. The first kappa shape index (κ1) is 17.6. The molecular formula is C14H24BrN5O. The normalized spacial score (nSPS) is 12.4. The van der Waals surface area contributed by atoms with Crippen molar-refractivity contribution in [2.75, 3.05) is 20.6 Å². The fourth-order valence-corrected chi connectivity index (χ4v) is 2.38. The van der Waals surface area contributed by atoms with Crippen molar-refractivity contribution in [3.05, 3.63) is 22.4 Å². The molecule has 0 saturated heterocycles. The second-order valence-corrected chi connectivity index (χ2v) is 6.68. The van der Waals surface area contributed by atoms with Crippen molar-refractivity contribution >= 4 is 27.8 Å². The lowest BCUT2D eigenvalue weighted by Crippen LogP contribution is -2.46. The highest BCUT2D eigenvalue weighted by Crippen LogP contribution is 2.15. The van der Waals surface area contributed by atoms with E-state index in [0.717, 1.165) is 16.1 Å². The molecule has 0 spiro atoms. The summed E-state index contributed by atoms with van der Waals surface area (Å²) in [6.45, 7) is 4.77. The van der Waals surface area contributed by atoms with Gasteiger partial charge in [-0.15, -0.1) is 0 Å². The maximum Gasteiger partial charge on any atom is 0.224 e. The molecule has 1 rings (SSSR count). The Kier molecular flexibility index (Phi) is 5.83. The molecule has 0 fully saturated rings. The number of hydrogen-bond donors (Lipinski definition) is 2. The first-order valence-corrected chi connectivity index (χ1v) is 7.49. The van der Waals surface area contributed by atoms with Gasteiger partial charge in [-0.3, -0.25) is 9.79 Å². The molecule has 0 saturated carbocycles. The van der Waals surface area contributed by atoms with Crippen LogP contribution in [0.25, 0.3) is 0 Å². The second kappa shape index (κ2) is 6.98. The summed E-state index contributed by atoms with van der Waals surface area (Å²) in [5.74, 6) is 0.390. The molecule has 0 bridgehead atoms. The molecule has 3 N–H and O–H groups in total. The monoisotopic (exact) mass is 357 g/mol. The van der Waals surface area contributed by atoms with Gasteiger partial charge in [0.25, 0.3) is 0 Å². The Balaban J connectivity index is 2.68. The number of halogens is 1. The van der Waals surface area contributed by atoms with Crippen molar-refractivity contribution in [1.29, 1.82) is 0 Å². The predicted octanol–water partition coefficient (Wildman–Crippen LogP) is 1.31. The summed E-state index contributed by atoms with van der Waals surface area (Å²) in [6, 6.07) is 2.07. The van der Waals surface area contributed by atoms with Crippen LogP contribution >= 0.6 is 15.9 Å². The number of nitrogens with one attached hydrogen (secondary N) is 1. The number of hydrogen-bond acceptors (Lipinski definition) is 2. The maximum atomic E-state index is 11.4. The van der Waals surface area contributed by atoms with E-state index in [-0.39, 0.29) is 5.91 Å². The van der Waals surface area contributed by atoms with Crippen LogP contribution in [0.2, 0.25) is 0 Å². The number of nitrogens with two attached hydrogens (primary N) is 1. The smallest absolute Gasteiger partial charge is 0.224 e. The van der Waals surface area contributed by atoms with Crippen LogP contribution < -0.4 is 11.1 Å². The van der Waals surface area contributed by atoms with Gasteiger partial charge >= 0.3 is 0 Å². The summed E-state index contributed by atoms with van der Waals surface area (Å²) in [6.07, 6.45) is 2.01. The third-order valence-electron chi connectivity index (χ3n) is 3.40. The zero-order valence-electron chi connectivity index (χ0n) is 13.3. The predicted molar refractivity (Wildman–Crippen MR) is 88.9 cm³/mol. The molecule has 0 aromatic carbocycles. The van der Waals surface area contributed by atoms with Crippen LogP contribution in [0.5, 0.6) is 0 Å². The fraction of sp³-hybridized carbons (Fsp3) is 0.571. The van der Waals surface area contributed by atoms with Crippen LogP contribution in [0.15, 0.2) is 21.7 Å². The quantitative estimate of drug-likeness (QED) is 0.616. The Bertz CT molecular complexity index is 535. The van der Waals surface area contributed by atoms with Gasteiger partial charge in [0.05, 0.1) is 12.0 Å². The zero-order valence-corrected chi connectivity index (χ0v) is 14.9. The number of aliphatic imine (C=N–C) groups is 1. The molecule has 0 aliphatic rings. The summed E-state index contributed by atoms with van der Waals surface area (Å²) in [5, 5.41) is 3.19. The molecule has 118 valence electrons. The molecule has 0 radical (unpaired) electrons. The number of nitrogens with zero attached hydrogens (tertiary/aromatic N) is 3. The van der Waals surface area contributed by atoms with Gasteiger partial charge < -0.3 is 20.5 Å². The first-order chi connectivity index (χ1) is 9.67. The van der Waals surface area contributed by atoms with Gasteiger partial charge in [0.1, 0.15) is 0 Å². The highest BCUT2D eigenvalue weighted by Gasteiger charge is 2.25. The fourth-order valence-electron chi connectivity index (χ4n) is 1.81. The standard InChI is InChI=1S/C14H24BrN5O/c1-14(2,12(16)21)9-18-13(17-3)20(5)8-11-6-10(15)7-19(11)4/h6-7H,8-9H2,1-5H3,(H2,16,21)(H,17,18). The molecule has 0 aliphatic carbocycles. The number of carbonyl (C=O) groups excluding carboxylic acids is 1. The molecule has 1 heterocycles. The van der Waals surface area contributed by atoms with Gasteiger partial charge in [0, 0.05) is 44.1 Å². The minimum atomic E-state index is -0.620. The van der Waals surface area contributed by atoms with E-state index >= 15 is 0 Å². The van der Waals surface area contributed by atoms with Crippen molar-refractivity contribution in [1.82, 2.24) is 14.8 Å². The summed E-state index contributed by atoms with van der Waals surface area (Å²) in [4.78, 5) is 17.6. The number of primary amides is 1. The second-order valence-electron chi connectivity index (χ2n) is 5.77. The van der Waals surface area contributed by atoms with E-state index in [0.29, 0.717) is 13.1 Å². The Labute approximate surface area is 134 Å². The molecule has 6 nitrogen and oxygen atoms in total. The van der Waals surface area contributed by atoms with Gasteiger partial charge in [-0.25, -0.2) is 0 Å². The summed E-state index contributed by atoms with van der Waals surface area (Å²) in [5.41, 5.74) is 5.91. The Morgan fingerprint density at radius 1 is 1.57 bits per heavy atom. The van der Waals surface area contributed by atoms with Crippen LogP contribution in [-0.2, 0) is 18.4 Å². The third kappa shape index (κ3) is 4.77. The van der Waals surface area contributed by atoms with Crippen molar-refractivity contribution in [2.24, 2.45) is 23.2 Å². The molecular weight excluding hydrogens is 334 g/mol. The molecule has 21 heavy (non-hydrogen) atoms. The summed E-state index contributed by atoms with van der Waals surface area (Å²) in [7, 11) is 5.67. The first-order valence-electron chi connectivity index (χ1n) is 6.70. The lowest BCUT2D eigenvalue weighted by Gasteiger charge is -2.26. The highest BCUT2D eigenvalue weighted by atomic mass is 79.9. The third-order valence-corrected chi connectivity index (χ3v) is 3.84. The largest absolute Gasteiger partial charge is 0.369 e. The summed E-state index contributed by atoms with van der Waals surface area (Å²) >= 11 is 3.46. The van der Waals surface area contributed by atoms with Crippen LogP contribution in [0.3, 0.4) is 0 Å². The topological polar surface area (TPSA) is 75.6 Å². The van der Waals surface area contributed by atoms with Crippen molar-refractivity contribution in [2.45, 2.75) is 20.4 Å². The lowest BCUT2D eigenvalue weighted by molar-refractivity contribution is -0.125. The molecule has 0 atom stereocenters. The Morgan fingerprint density at radius 3 is 2.62 bits per heavy atom. The van der Waals surface area contributed by atoms with E-state index in [1.165, 1.54) is 0 Å². The number of carbonyl (C=O) groups is 1. The molecule has 7 heteroatoms. The van der Waals surface area contributed by atoms with E-state index < -0.39 is 5.41 Å². The van der Waals surface area contributed by atoms with E-state index in [4.69, 9.17) is 5.73 Å². The SMILES string of the molecule is CN=C(NCC(C)(C)C(N)=O)N(C)Cc1cc(Br)cn1C. The lowest BCUT2D eigenvalue weighted by atomic mass is 9.93. The van der Waals surface area contributed by atoms with Gasteiger partial charge in [0.15, 0.2) is 5.96 Å². The van der Waals surface area contributed by atoms with Gasteiger partial charge in [-0.2, -0.15) is 0 Å². The van der Waals surface area contributed by atoms with Crippen LogP contribution in [0.4, 0.5) is 0 Å². The highest BCUT2D eigenvalue weighted by molar-refractivity contribution is 9.10. The van der Waals surface area contributed by atoms with Crippen molar-refractivity contribution in [3.63, 3.8) is 0 Å². The summed E-state index contributed by atoms with van der Waals surface area (Å²) < 4.78 is 3.10. The minimum absolute atomic E-state index is 0.334. The zero-order chi connectivity index (χ0) is 16.2. The molecule has 1 amide bonds. The van der Waals surface area contributed by atoms with E-state index in [9.17, 15) is 4.79 Å².